The number of ether oxygens (including phenoxy) is 1. The van der Waals surface area contributed by atoms with Crippen molar-refractivity contribution in [2.45, 2.75) is 145 Å². The number of likely N-dealkylation sites (tertiary alicyclic amines) is 1. The number of fused-ring (bicyclic) bond motifs is 1. The highest BCUT2D eigenvalue weighted by molar-refractivity contribution is 14.1. The van der Waals surface area contributed by atoms with Gasteiger partial charge >= 0.3 is 5.97 Å². The zero-order valence-electron chi connectivity index (χ0n) is 48.9. The van der Waals surface area contributed by atoms with Crippen LogP contribution in [0.3, 0.4) is 0 Å². The molecular weight excluding hydrogens is 1270 g/mol. The second-order valence-corrected chi connectivity index (χ2v) is 24.0. The number of nitrogens with two attached hydrogens (primary N) is 3. The number of halogens is 1. The molecule has 1 aromatic heterocycles. The number of aliphatic imine (C=N–C) groups is 1. The summed E-state index contributed by atoms with van der Waals surface area (Å²) in [4.78, 5) is 158. The minimum atomic E-state index is -1.61. The maximum absolute atomic E-state index is 14.1. The van der Waals surface area contributed by atoms with Crippen LogP contribution >= 0.6 is 34.4 Å². The van der Waals surface area contributed by atoms with Crippen molar-refractivity contribution in [3.05, 3.63) is 93.3 Å². The van der Waals surface area contributed by atoms with Gasteiger partial charge in [0.25, 0.3) is 5.91 Å². The van der Waals surface area contributed by atoms with Gasteiger partial charge in [0.2, 0.25) is 41.4 Å². The van der Waals surface area contributed by atoms with Gasteiger partial charge < -0.3 is 63.9 Å². The lowest BCUT2D eigenvalue weighted by atomic mass is 10.0. The third kappa shape index (κ3) is 23.3. The molecule has 2 fully saturated rings. The number of aromatic amines is 1. The molecule has 6 atom stereocenters. The number of aromatic nitrogens is 2. The van der Waals surface area contributed by atoms with Gasteiger partial charge in [-0.2, -0.15) is 0 Å². The maximum atomic E-state index is 14.1. The summed E-state index contributed by atoms with van der Waals surface area (Å²) in [5.41, 5.74) is 20.0. The van der Waals surface area contributed by atoms with Gasteiger partial charge in [-0.25, -0.2) is 4.98 Å². The number of rotatable bonds is 32. The number of nitrogens with zero attached hydrogens (tertiary/aromatic N) is 3. The van der Waals surface area contributed by atoms with Crippen LogP contribution in [-0.2, 0) is 60.8 Å². The number of amides is 8. The SMILES string of the molecule is NC(N)=NCCC[C@@H]1NC(=O)[C@H](CCCCNC(=O)C(N)CSC2CC(=O)N(CCCC(=O)CCCCOc3ccc4nc(CCCNC(=O)c5ccc([125I])cc5)[nH]c4c3)C2=O)NC(=O)[C@@H](Cc2ccccc2)NC(=O)[C@H](CC(=O)O)NC(=O)CCC1=O. The summed E-state index contributed by atoms with van der Waals surface area (Å²) in [5, 5.41) is 24.8. The zero-order chi connectivity index (χ0) is 63.5. The molecule has 88 heavy (non-hydrogen) atoms. The van der Waals surface area contributed by atoms with E-state index >= 15 is 0 Å². The Kier molecular flexibility index (Phi) is 28.1. The van der Waals surface area contributed by atoms with Gasteiger partial charge in [0.15, 0.2) is 11.7 Å². The van der Waals surface area contributed by atoms with E-state index in [-0.39, 0.29) is 107 Å². The van der Waals surface area contributed by atoms with Gasteiger partial charge in [0, 0.05) is 92.1 Å². The van der Waals surface area contributed by atoms with E-state index < -0.39 is 95.5 Å². The van der Waals surface area contributed by atoms with E-state index in [2.05, 4.69) is 69.5 Å². The van der Waals surface area contributed by atoms with Gasteiger partial charge in [0.05, 0.1) is 41.4 Å². The lowest BCUT2D eigenvalue weighted by Crippen LogP contribution is -2.58. The van der Waals surface area contributed by atoms with Gasteiger partial charge in [-0.05, 0) is 122 Å². The van der Waals surface area contributed by atoms with E-state index in [0.717, 1.165) is 37.1 Å². The molecule has 2 saturated heterocycles. The number of aryl methyl sites for hydroxylation is 1. The molecule has 0 spiro atoms. The molecule has 0 aliphatic carbocycles. The van der Waals surface area contributed by atoms with Crippen molar-refractivity contribution in [1.29, 1.82) is 0 Å². The van der Waals surface area contributed by atoms with Crippen molar-refractivity contribution in [1.82, 2.24) is 46.8 Å². The molecule has 3 aromatic carbocycles. The minimum absolute atomic E-state index is 0.00717. The molecule has 0 radical (unpaired) electrons. The minimum Gasteiger partial charge on any atom is -0.494 e. The number of hydrogen-bond acceptors (Lipinski definition) is 16. The fraction of sp³-hybridized carbons (Fsp3) is 0.483. The number of hydrogen-bond donors (Lipinski definition) is 11. The summed E-state index contributed by atoms with van der Waals surface area (Å²) in [6.07, 6.45) is 2.45. The predicted molar refractivity (Wildman–Crippen MR) is 336 cm³/mol. The van der Waals surface area contributed by atoms with Crippen LogP contribution in [0.25, 0.3) is 11.0 Å². The third-order valence-corrected chi connectivity index (χ3v) is 16.5. The number of imide groups is 1. The number of Topliss-reactive ketones (excluding diaryl/α,β-unsaturated/α-hetero) is 2. The first-order chi connectivity index (χ1) is 42.2. The van der Waals surface area contributed by atoms with Crippen LogP contribution in [-0.4, -0.2) is 165 Å². The number of unbranched alkanes of at least 4 members (excludes halogenated alkanes) is 2. The molecular formula is C60H78IN13O13S. The molecule has 6 rings (SSSR count). The van der Waals surface area contributed by atoms with E-state index in [4.69, 9.17) is 21.9 Å². The average Bonchev–Trinajstić information content (AvgIpc) is 4.26. The summed E-state index contributed by atoms with van der Waals surface area (Å²) in [6, 6.07) is 15.1. The number of carbonyl (C=O) groups excluding carboxylic acids is 10. The molecule has 0 bridgehead atoms. The van der Waals surface area contributed by atoms with Crippen molar-refractivity contribution >= 4 is 116 Å². The van der Waals surface area contributed by atoms with E-state index in [0.29, 0.717) is 68.6 Å². The molecule has 26 nitrogen and oxygen atoms in total. The normalized spacial score (nSPS) is 18.9. The molecule has 0 saturated carbocycles. The van der Waals surface area contributed by atoms with Crippen molar-refractivity contribution in [3.8, 4) is 5.75 Å². The Balaban J connectivity index is 0.902. The number of carboxylic acid groups (broad SMARTS) is 1. The van der Waals surface area contributed by atoms with E-state index in [9.17, 15) is 57.8 Å². The quantitative estimate of drug-likeness (QED) is 0.0109. The Morgan fingerprint density at radius 2 is 1.47 bits per heavy atom. The second kappa shape index (κ2) is 35.7. The van der Waals surface area contributed by atoms with Crippen LogP contribution in [0.5, 0.6) is 5.75 Å². The number of ketones is 2. The van der Waals surface area contributed by atoms with Gasteiger partial charge in [-0.15, -0.1) is 11.8 Å². The number of carbonyl (C=O) groups is 11. The van der Waals surface area contributed by atoms with Crippen LogP contribution in [0.1, 0.15) is 118 Å². The summed E-state index contributed by atoms with van der Waals surface area (Å²) < 4.78 is 7.01. The smallest absolute Gasteiger partial charge is 0.305 e. The molecule has 28 heteroatoms. The summed E-state index contributed by atoms with van der Waals surface area (Å²) >= 11 is 3.29. The van der Waals surface area contributed by atoms with Gasteiger partial charge in [0.1, 0.15) is 35.5 Å². The molecule has 2 unspecified atom stereocenters. The monoisotopic (exact) mass is 1350 g/mol. The first-order valence-corrected chi connectivity index (χ1v) is 31.6. The zero-order valence-corrected chi connectivity index (χ0v) is 51.8. The Morgan fingerprint density at radius 3 is 2.22 bits per heavy atom. The number of nitrogens with one attached hydrogen (secondary N) is 7. The molecule has 14 N–H and O–H groups in total. The summed E-state index contributed by atoms with van der Waals surface area (Å²) in [7, 11) is 0. The second-order valence-electron chi connectivity index (χ2n) is 21.5. The van der Waals surface area contributed by atoms with Crippen LogP contribution in [0, 0.1) is 3.57 Å². The highest BCUT2D eigenvalue weighted by Crippen LogP contribution is 2.26. The number of carboxylic acids is 1. The van der Waals surface area contributed by atoms with Crippen LogP contribution in [0.4, 0.5) is 0 Å². The van der Waals surface area contributed by atoms with Gasteiger partial charge in [-0.3, -0.25) is 62.6 Å². The maximum Gasteiger partial charge on any atom is 0.305 e. The molecule has 8 amide bonds. The molecule has 3 heterocycles. The standard InChI is InChI=1S/C60H78IN13O13S/c61-38-20-18-37(19-21-38)54(81)65-27-9-17-50-68-42-23-22-40(32-45(42)69-50)87-30-7-5-13-39(75)14-10-29-74-52(78)34-49(59(74)86)88-35-41(62)55(82)66-26-6-4-15-44-56(83)71-43(16-8-28-67-60(63)64)48(76)24-25-51(77)70-47(33-53(79)80)58(85)73-46(57(84)72-44)31-36-11-2-1-3-12-36/h1-3,11-12,18-23,32,41,43-44,46-47,49H,4-10,13-17,24-31,33-35,62H2,(H,65,81)(H,66,82)(H,68,69)(H,70,77)(H,71,83)(H,72,84)(H,73,85)(H,79,80)(H4,63,64,67)/t41?,43-,44-,46+,47-,49?/m0/s1/i61-2. The Bertz CT molecular complexity index is 3130. The van der Waals surface area contributed by atoms with Crippen molar-refractivity contribution in [2.24, 2.45) is 22.2 Å². The number of imidazole rings is 1. The summed E-state index contributed by atoms with van der Waals surface area (Å²) in [6.45, 7) is 1.21. The Hall–Kier alpha value is -7.99. The summed E-state index contributed by atoms with van der Waals surface area (Å²) in [5.74, 6) is -5.39. The van der Waals surface area contributed by atoms with Crippen molar-refractivity contribution < 1.29 is 62.6 Å². The molecule has 2 aliphatic heterocycles. The van der Waals surface area contributed by atoms with Crippen LogP contribution in [0.15, 0.2) is 77.8 Å². The number of benzene rings is 3. The highest BCUT2D eigenvalue weighted by Gasteiger charge is 2.39. The fourth-order valence-corrected chi connectivity index (χ4v) is 11.2. The number of guanidine groups is 1. The number of aliphatic carboxylic acids is 1. The first kappa shape index (κ1) is 69.1. The number of thioether (sulfide) groups is 1. The van der Waals surface area contributed by atoms with E-state index in [1.165, 1.54) is 0 Å². The third-order valence-electron chi connectivity index (χ3n) is 14.5. The van der Waals surface area contributed by atoms with Crippen molar-refractivity contribution in [2.75, 3.05) is 38.5 Å². The van der Waals surface area contributed by atoms with Crippen LogP contribution in [0.2, 0.25) is 0 Å². The van der Waals surface area contributed by atoms with Crippen LogP contribution < -0.4 is 53.8 Å². The van der Waals surface area contributed by atoms with E-state index in [1.54, 1.807) is 42.5 Å². The first-order valence-electron chi connectivity index (χ1n) is 29.4. The van der Waals surface area contributed by atoms with Crippen molar-refractivity contribution in [3.63, 3.8) is 0 Å². The molecule has 2 aliphatic rings. The Morgan fingerprint density at radius 1 is 0.773 bits per heavy atom. The Labute approximate surface area is 527 Å². The lowest BCUT2D eigenvalue weighted by Gasteiger charge is -2.26. The molecule has 474 valence electrons. The average molecular weight is 1350 g/mol. The van der Waals surface area contributed by atoms with Gasteiger partial charge in [-0.1, -0.05) is 30.3 Å². The predicted octanol–water partition coefficient (Wildman–Crippen LogP) is 1.98. The van der Waals surface area contributed by atoms with E-state index in [1.807, 2.05) is 30.3 Å². The number of H-pyrrole nitrogens is 1. The topological polar surface area (TPSA) is 412 Å². The molecule has 4 aromatic rings. The largest absolute Gasteiger partial charge is 0.494 e. The lowest BCUT2D eigenvalue weighted by molar-refractivity contribution is -0.141. The highest BCUT2D eigenvalue weighted by atomic mass is 125. The fourth-order valence-electron chi connectivity index (χ4n) is 9.74.